The highest BCUT2D eigenvalue weighted by atomic mass is 35.5. The molecule has 0 aliphatic carbocycles. The highest BCUT2D eigenvalue weighted by Crippen LogP contribution is 2.25. The number of nitrogens with one attached hydrogen (secondary N) is 3. The molecule has 3 rings (SSSR count). The van der Waals surface area contributed by atoms with Gasteiger partial charge in [-0.05, 0) is 44.0 Å². The molecule has 2 fully saturated rings. The van der Waals surface area contributed by atoms with Crippen LogP contribution >= 0.6 is 12.4 Å². The topological polar surface area (TPSA) is 90.5 Å². The number of nitrogens with zero attached hydrogens (tertiary/aromatic N) is 1. The second kappa shape index (κ2) is 8.05. The zero-order chi connectivity index (χ0) is 18.0. The lowest BCUT2D eigenvalue weighted by atomic mass is 9.91. The number of benzene rings is 1. The Hall–Kier alpha value is -2.12. The summed E-state index contributed by atoms with van der Waals surface area (Å²) in [7, 11) is 0. The van der Waals surface area contributed by atoms with Crippen molar-refractivity contribution in [3.8, 4) is 0 Å². The van der Waals surface area contributed by atoms with Gasteiger partial charge in [0, 0.05) is 24.7 Å². The van der Waals surface area contributed by atoms with Gasteiger partial charge in [0.15, 0.2) is 0 Å². The lowest BCUT2D eigenvalue weighted by molar-refractivity contribution is -0.123. The van der Waals surface area contributed by atoms with E-state index >= 15 is 0 Å². The van der Waals surface area contributed by atoms with Gasteiger partial charge in [-0.3, -0.25) is 14.9 Å². The largest absolute Gasteiger partial charge is 0.334 e. The molecule has 26 heavy (non-hydrogen) atoms. The molecular weight excluding hydrogens is 356 g/mol. The molecule has 4 amide bonds. The number of hydrogen-bond acceptors (Lipinski definition) is 4. The standard InChI is InChI=1S/C18H24N4O3.ClH/c1-3-10-22(14-8-9-19-11-14)15(23)12-4-6-13(7-5-12)18(2)16(24)20-17(25)21-18;/h4-7,14,19H,3,8-11H2,1-2H3,(H2,20,21,24,25);1H. The highest BCUT2D eigenvalue weighted by Gasteiger charge is 2.43. The van der Waals surface area contributed by atoms with Crippen LogP contribution in [0.4, 0.5) is 4.79 Å². The average Bonchev–Trinajstić information content (AvgIpc) is 3.21. The van der Waals surface area contributed by atoms with E-state index in [4.69, 9.17) is 0 Å². The maximum absolute atomic E-state index is 12.9. The Balaban J connectivity index is 0.00000243. The van der Waals surface area contributed by atoms with Crippen LogP contribution in [0.5, 0.6) is 0 Å². The first-order valence-corrected chi connectivity index (χ1v) is 8.71. The van der Waals surface area contributed by atoms with E-state index in [-0.39, 0.29) is 30.3 Å². The first-order chi connectivity index (χ1) is 12.0. The van der Waals surface area contributed by atoms with Crippen molar-refractivity contribution in [2.24, 2.45) is 0 Å². The van der Waals surface area contributed by atoms with Crippen LogP contribution in [0.2, 0.25) is 0 Å². The van der Waals surface area contributed by atoms with Crippen LogP contribution < -0.4 is 16.0 Å². The predicted octanol–water partition coefficient (Wildman–Crippen LogP) is 1.38. The maximum Gasteiger partial charge on any atom is 0.322 e. The van der Waals surface area contributed by atoms with Crippen LogP contribution in [0.3, 0.4) is 0 Å². The van der Waals surface area contributed by atoms with Gasteiger partial charge < -0.3 is 15.5 Å². The fraction of sp³-hybridized carbons (Fsp3) is 0.500. The minimum absolute atomic E-state index is 0. The Labute approximate surface area is 159 Å². The number of imide groups is 1. The minimum Gasteiger partial charge on any atom is -0.334 e. The van der Waals surface area contributed by atoms with Crippen molar-refractivity contribution in [1.29, 1.82) is 0 Å². The van der Waals surface area contributed by atoms with E-state index in [0.29, 0.717) is 11.1 Å². The Morgan fingerprint density at radius 3 is 2.46 bits per heavy atom. The summed E-state index contributed by atoms with van der Waals surface area (Å²) in [5.41, 5.74) is 0.145. The smallest absolute Gasteiger partial charge is 0.322 e. The second-order valence-corrected chi connectivity index (χ2v) is 6.76. The molecule has 1 aromatic carbocycles. The van der Waals surface area contributed by atoms with E-state index in [0.717, 1.165) is 32.5 Å². The van der Waals surface area contributed by atoms with Crippen LogP contribution in [0.1, 0.15) is 42.6 Å². The molecule has 2 heterocycles. The van der Waals surface area contributed by atoms with Crippen molar-refractivity contribution >= 4 is 30.3 Å². The normalized spacial score (nSPS) is 24.6. The van der Waals surface area contributed by atoms with Crippen molar-refractivity contribution in [3.63, 3.8) is 0 Å². The molecule has 142 valence electrons. The number of amides is 4. The summed E-state index contributed by atoms with van der Waals surface area (Å²) in [6.45, 7) is 6.20. The Morgan fingerprint density at radius 2 is 1.96 bits per heavy atom. The van der Waals surface area contributed by atoms with E-state index in [9.17, 15) is 14.4 Å². The summed E-state index contributed by atoms with van der Waals surface area (Å²) in [6, 6.07) is 6.64. The third-order valence-electron chi connectivity index (χ3n) is 4.95. The van der Waals surface area contributed by atoms with E-state index in [1.165, 1.54) is 0 Å². The van der Waals surface area contributed by atoms with Crippen molar-refractivity contribution in [2.45, 2.75) is 38.3 Å². The summed E-state index contributed by atoms with van der Waals surface area (Å²) in [4.78, 5) is 38.3. The molecule has 2 unspecified atom stereocenters. The fourth-order valence-electron chi connectivity index (χ4n) is 3.45. The predicted molar refractivity (Wildman–Crippen MR) is 100 cm³/mol. The average molecular weight is 381 g/mol. The zero-order valence-corrected chi connectivity index (χ0v) is 15.8. The van der Waals surface area contributed by atoms with Gasteiger partial charge in [0.25, 0.3) is 11.8 Å². The Bertz CT molecular complexity index is 688. The van der Waals surface area contributed by atoms with Gasteiger partial charge >= 0.3 is 6.03 Å². The van der Waals surface area contributed by atoms with Crippen LogP contribution in [0, 0.1) is 0 Å². The third kappa shape index (κ3) is 3.68. The van der Waals surface area contributed by atoms with E-state index in [2.05, 4.69) is 22.9 Å². The number of hydrogen-bond donors (Lipinski definition) is 3. The number of urea groups is 1. The van der Waals surface area contributed by atoms with E-state index in [1.54, 1.807) is 31.2 Å². The molecular formula is C18H25ClN4O3. The molecule has 0 aromatic heterocycles. The zero-order valence-electron chi connectivity index (χ0n) is 15.0. The molecule has 0 spiro atoms. The monoisotopic (exact) mass is 380 g/mol. The lowest BCUT2D eigenvalue weighted by Crippen LogP contribution is -2.42. The second-order valence-electron chi connectivity index (χ2n) is 6.76. The molecule has 8 heteroatoms. The number of carbonyl (C=O) groups is 3. The summed E-state index contributed by atoms with van der Waals surface area (Å²) in [5, 5.41) is 8.17. The van der Waals surface area contributed by atoms with Gasteiger partial charge in [0.1, 0.15) is 5.54 Å². The molecule has 0 bridgehead atoms. The summed E-state index contributed by atoms with van der Waals surface area (Å²) in [5.74, 6) is -0.381. The third-order valence-corrected chi connectivity index (χ3v) is 4.95. The summed E-state index contributed by atoms with van der Waals surface area (Å²) >= 11 is 0. The van der Waals surface area contributed by atoms with Gasteiger partial charge in [-0.15, -0.1) is 12.4 Å². The first-order valence-electron chi connectivity index (χ1n) is 8.71. The van der Waals surface area contributed by atoms with Crippen LogP contribution in [0.25, 0.3) is 0 Å². The van der Waals surface area contributed by atoms with E-state index < -0.39 is 11.6 Å². The molecule has 7 nitrogen and oxygen atoms in total. The van der Waals surface area contributed by atoms with Crippen molar-refractivity contribution in [3.05, 3.63) is 35.4 Å². The van der Waals surface area contributed by atoms with Gasteiger partial charge in [-0.1, -0.05) is 19.1 Å². The maximum atomic E-state index is 12.9. The molecule has 1 aromatic rings. The Morgan fingerprint density at radius 1 is 1.27 bits per heavy atom. The van der Waals surface area contributed by atoms with Crippen molar-refractivity contribution in [1.82, 2.24) is 20.9 Å². The molecule has 0 saturated carbocycles. The quantitative estimate of drug-likeness (QED) is 0.673. The number of rotatable bonds is 5. The van der Waals surface area contributed by atoms with E-state index in [1.807, 2.05) is 4.90 Å². The van der Waals surface area contributed by atoms with Crippen LogP contribution in [0.15, 0.2) is 24.3 Å². The van der Waals surface area contributed by atoms with Gasteiger partial charge in [-0.2, -0.15) is 0 Å². The van der Waals surface area contributed by atoms with Gasteiger partial charge in [-0.25, -0.2) is 4.79 Å². The fourth-order valence-corrected chi connectivity index (χ4v) is 3.45. The number of carbonyl (C=O) groups excluding carboxylic acids is 3. The van der Waals surface area contributed by atoms with Crippen molar-refractivity contribution < 1.29 is 14.4 Å². The highest BCUT2D eigenvalue weighted by molar-refractivity contribution is 6.07. The van der Waals surface area contributed by atoms with Gasteiger partial charge in [0.2, 0.25) is 0 Å². The van der Waals surface area contributed by atoms with Gasteiger partial charge in [0.05, 0.1) is 0 Å². The van der Waals surface area contributed by atoms with Crippen molar-refractivity contribution in [2.75, 3.05) is 19.6 Å². The number of halogens is 1. The summed E-state index contributed by atoms with van der Waals surface area (Å²) < 4.78 is 0. The molecule has 3 N–H and O–H groups in total. The lowest BCUT2D eigenvalue weighted by Gasteiger charge is -2.28. The molecule has 2 atom stereocenters. The summed E-state index contributed by atoms with van der Waals surface area (Å²) in [6.07, 6.45) is 1.87. The molecule has 0 radical (unpaired) electrons. The molecule has 2 saturated heterocycles. The Kier molecular flexibility index (Phi) is 6.26. The molecule has 2 aliphatic rings. The van der Waals surface area contributed by atoms with Crippen LogP contribution in [-0.2, 0) is 10.3 Å². The first kappa shape index (κ1) is 20.2. The minimum atomic E-state index is -1.10. The van der Waals surface area contributed by atoms with Crippen LogP contribution in [-0.4, -0.2) is 48.4 Å². The molecule has 2 aliphatic heterocycles. The SMILES string of the molecule is CCCN(C(=O)c1ccc(C2(C)NC(=O)NC2=O)cc1)C1CCNC1.Cl.